The zero-order valence-corrected chi connectivity index (χ0v) is 11.7. The zero-order chi connectivity index (χ0) is 14.5. The van der Waals surface area contributed by atoms with Crippen molar-refractivity contribution in [3.8, 4) is 0 Å². The monoisotopic (exact) mass is 291 g/mol. The highest BCUT2D eigenvalue weighted by Crippen LogP contribution is 2.20. The summed E-state index contributed by atoms with van der Waals surface area (Å²) >= 11 is 5.83. The van der Waals surface area contributed by atoms with Gasteiger partial charge in [-0.15, -0.1) is 0 Å². The van der Waals surface area contributed by atoms with Gasteiger partial charge in [-0.25, -0.2) is 9.78 Å². The summed E-state index contributed by atoms with van der Waals surface area (Å²) < 4.78 is 0. The van der Waals surface area contributed by atoms with E-state index in [1.165, 1.54) is 0 Å². The second-order valence-corrected chi connectivity index (χ2v) is 4.55. The van der Waals surface area contributed by atoms with Crippen molar-refractivity contribution in [2.75, 3.05) is 11.4 Å². The first-order chi connectivity index (χ1) is 9.61. The molecular formula is C14H14ClN3O2. The molecule has 0 aromatic carbocycles. The molecular weight excluding hydrogens is 278 g/mol. The smallest absolute Gasteiger partial charge is 0.356 e. The topological polar surface area (TPSA) is 66.3 Å². The average molecular weight is 292 g/mol. The maximum atomic E-state index is 11.1. The van der Waals surface area contributed by atoms with Gasteiger partial charge in [0, 0.05) is 12.7 Å². The van der Waals surface area contributed by atoms with Gasteiger partial charge in [-0.3, -0.25) is 4.98 Å². The van der Waals surface area contributed by atoms with Gasteiger partial charge in [0.15, 0.2) is 5.69 Å². The van der Waals surface area contributed by atoms with Crippen molar-refractivity contribution < 1.29 is 9.90 Å². The lowest BCUT2D eigenvalue weighted by atomic mass is 10.3. The maximum absolute atomic E-state index is 11.1. The lowest BCUT2D eigenvalue weighted by Gasteiger charge is -2.21. The number of aromatic nitrogens is 2. The summed E-state index contributed by atoms with van der Waals surface area (Å²) in [5.41, 5.74) is 0.756. The molecule has 0 radical (unpaired) electrons. The zero-order valence-electron chi connectivity index (χ0n) is 11.0. The van der Waals surface area contributed by atoms with Crippen LogP contribution in [0.5, 0.6) is 0 Å². The van der Waals surface area contributed by atoms with Crippen LogP contribution in [0.15, 0.2) is 36.5 Å². The molecule has 6 heteroatoms. The van der Waals surface area contributed by atoms with Crippen LogP contribution in [0.1, 0.15) is 23.1 Å². The highest BCUT2D eigenvalue weighted by Gasteiger charge is 2.14. The van der Waals surface area contributed by atoms with Crippen molar-refractivity contribution in [2.45, 2.75) is 13.5 Å². The van der Waals surface area contributed by atoms with Gasteiger partial charge in [-0.05, 0) is 31.2 Å². The summed E-state index contributed by atoms with van der Waals surface area (Å²) in [4.78, 5) is 21.4. The number of hydrogen-bond donors (Lipinski definition) is 1. The fraction of sp³-hybridized carbons (Fsp3) is 0.214. The summed E-state index contributed by atoms with van der Waals surface area (Å²) in [6.45, 7) is 3.22. The van der Waals surface area contributed by atoms with Crippen LogP contribution in [0.4, 0.5) is 5.82 Å². The summed E-state index contributed by atoms with van der Waals surface area (Å²) in [5, 5.41) is 9.19. The number of rotatable bonds is 5. The second kappa shape index (κ2) is 6.34. The predicted molar refractivity (Wildman–Crippen MR) is 77.2 cm³/mol. The van der Waals surface area contributed by atoms with Gasteiger partial charge < -0.3 is 10.0 Å². The fourth-order valence-electron chi connectivity index (χ4n) is 1.80. The number of nitrogens with zero attached hydrogens (tertiary/aromatic N) is 3. The standard InChI is InChI=1S/C14H14ClN3O2/c1-2-18(9-10-5-3-4-8-16-10)12-7-6-11(15)13(17-12)14(19)20/h3-8H,2,9H2,1H3,(H,19,20). The van der Waals surface area contributed by atoms with E-state index in [4.69, 9.17) is 16.7 Å². The molecule has 0 fully saturated rings. The van der Waals surface area contributed by atoms with E-state index < -0.39 is 5.97 Å². The van der Waals surface area contributed by atoms with Crippen molar-refractivity contribution in [3.63, 3.8) is 0 Å². The molecule has 2 rings (SSSR count). The van der Waals surface area contributed by atoms with Crippen LogP contribution in [0.25, 0.3) is 0 Å². The van der Waals surface area contributed by atoms with Crippen molar-refractivity contribution in [3.05, 3.63) is 52.9 Å². The molecule has 0 aliphatic rings. The number of aromatic carboxylic acids is 1. The Kier molecular flexibility index (Phi) is 4.53. The first-order valence-electron chi connectivity index (χ1n) is 6.16. The normalized spacial score (nSPS) is 10.3. The summed E-state index contributed by atoms with van der Waals surface area (Å²) in [6.07, 6.45) is 1.72. The Morgan fingerprint density at radius 3 is 2.75 bits per heavy atom. The van der Waals surface area contributed by atoms with Crippen LogP contribution >= 0.6 is 11.6 Å². The molecule has 0 unspecified atom stereocenters. The van der Waals surface area contributed by atoms with E-state index in [2.05, 4.69) is 9.97 Å². The van der Waals surface area contributed by atoms with Crippen LogP contribution in [0, 0.1) is 0 Å². The first-order valence-corrected chi connectivity index (χ1v) is 6.54. The number of anilines is 1. The minimum atomic E-state index is -1.13. The Morgan fingerprint density at radius 1 is 1.35 bits per heavy atom. The van der Waals surface area contributed by atoms with Crippen LogP contribution in [0.2, 0.25) is 5.02 Å². The number of pyridine rings is 2. The molecule has 0 bridgehead atoms. The Hall–Kier alpha value is -2.14. The average Bonchev–Trinajstić information content (AvgIpc) is 2.46. The third-order valence-corrected chi connectivity index (χ3v) is 3.12. The number of carboxylic acids is 1. The van der Waals surface area contributed by atoms with Gasteiger partial charge in [0.25, 0.3) is 0 Å². The van der Waals surface area contributed by atoms with Crippen LogP contribution in [-0.4, -0.2) is 27.6 Å². The Bertz CT molecular complexity index is 605. The largest absolute Gasteiger partial charge is 0.476 e. The molecule has 0 saturated heterocycles. The molecule has 0 spiro atoms. The van der Waals surface area contributed by atoms with Crippen LogP contribution in [0.3, 0.4) is 0 Å². The molecule has 2 aromatic heterocycles. The molecule has 20 heavy (non-hydrogen) atoms. The molecule has 5 nitrogen and oxygen atoms in total. The first kappa shape index (κ1) is 14.3. The highest BCUT2D eigenvalue weighted by molar-refractivity contribution is 6.33. The summed E-state index contributed by atoms with van der Waals surface area (Å²) in [5.74, 6) is -0.564. The Labute approximate surface area is 121 Å². The molecule has 104 valence electrons. The Balaban J connectivity index is 2.28. The van der Waals surface area contributed by atoms with E-state index >= 15 is 0 Å². The van der Waals surface area contributed by atoms with Crippen molar-refractivity contribution in [1.29, 1.82) is 0 Å². The van der Waals surface area contributed by atoms with Gasteiger partial charge in [-0.2, -0.15) is 0 Å². The third-order valence-electron chi connectivity index (χ3n) is 2.82. The van der Waals surface area contributed by atoms with E-state index in [0.29, 0.717) is 18.9 Å². The lowest BCUT2D eigenvalue weighted by molar-refractivity contribution is 0.0691. The molecule has 0 amide bonds. The number of hydrogen-bond acceptors (Lipinski definition) is 4. The minimum Gasteiger partial charge on any atom is -0.476 e. The van der Waals surface area contributed by atoms with Gasteiger partial charge >= 0.3 is 5.97 Å². The number of carboxylic acid groups (broad SMARTS) is 1. The van der Waals surface area contributed by atoms with Crippen molar-refractivity contribution in [2.24, 2.45) is 0 Å². The molecule has 0 aliphatic heterocycles. The van der Waals surface area contributed by atoms with E-state index in [0.717, 1.165) is 5.69 Å². The molecule has 1 N–H and O–H groups in total. The van der Waals surface area contributed by atoms with E-state index in [9.17, 15) is 4.79 Å². The quantitative estimate of drug-likeness (QED) is 0.917. The fourth-order valence-corrected chi connectivity index (χ4v) is 1.99. The summed E-state index contributed by atoms with van der Waals surface area (Å²) in [6, 6.07) is 8.93. The van der Waals surface area contributed by atoms with E-state index in [1.54, 1.807) is 18.3 Å². The molecule has 2 aromatic rings. The van der Waals surface area contributed by atoms with Crippen molar-refractivity contribution >= 4 is 23.4 Å². The van der Waals surface area contributed by atoms with Crippen molar-refractivity contribution in [1.82, 2.24) is 9.97 Å². The van der Waals surface area contributed by atoms with E-state index in [-0.39, 0.29) is 10.7 Å². The SMILES string of the molecule is CCN(Cc1ccccn1)c1ccc(Cl)c(C(=O)O)n1. The second-order valence-electron chi connectivity index (χ2n) is 4.14. The number of carbonyl (C=O) groups is 1. The van der Waals surface area contributed by atoms with Gasteiger partial charge in [0.05, 0.1) is 17.3 Å². The third kappa shape index (κ3) is 3.24. The molecule has 0 atom stereocenters. The van der Waals surface area contributed by atoms with Gasteiger partial charge in [0.1, 0.15) is 5.82 Å². The number of halogens is 1. The Morgan fingerprint density at radius 2 is 2.15 bits per heavy atom. The lowest BCUT2D eigenvalue weighted by Crippen LogP contribution is -2.24. The van der Waals surface area contributed by atoms with E-state index in [1.807, 2.05) is 30.0 Å². The van der Waals surface area contributed by atoms with Crippen LogP contribution in [-0.2, 0) is 6.54 Å². The van der Waals surface area contributed by atoms with Gasteiger partial charge in [-0.1, -0.05) is 17.7 Å². The highest BCUT2D eigenvalue weighted by atomic mass is 35.5. The minimum absolute atomic E-state index is 0.134. The summed E-state index contributed by atoms with van der Waals surface area (Å²) in [7, 11) is 0. The van der Waals surface area contributed by atoms with Crippen LogP contribution < -0.4 is 4.90 Å². The maximum Gasteiger partial charge on any atom is 0.356 e. The molecule has 0 saturated carbocycles. The predicted octanol–water partition coefficient (Wildman–Crippen LogP) is 2.85. The van der Waals surface area contributed by atoms with Gasteiger partial charge in [0.2, 0.25) is 0 Å². The molecule has 2 heterocycles. The molecule has 0 aliphatic carbocycles.